The number of fused-ring (bicyclic) bond motifs is 1. The molecule has 4 amide bonds. The highest BCUT2D eigenvalue weighted by Gasteiger charge is 2.37. The molecule has 2 aromatic rings. The van der Waals surface area contributed by atoms with Gasteiger partial charge in [0.25, 0.3) is 23.6 Å². The molecular weight excluding hydrogens is 406 g/mol. The number of hydrogen-bond acceptors (Lipinski definition) is 7. The first-order valence-electron chi connectivity index (χ1n) is 9.45. The van der Waals surface area contributed by atoms with Gasteiger partial charge in [-0.2, -0.15) is 0 Å². The summed E-state index contributed by atoms with van der Waals surface area (Å²) in [5.74, 6) is -3.96. The van der Waals surface area contributed by atoms with Crippen molar-refractivity contribution in [3.63, 3.8) is 0 Å². The Morgan fingerprint density at radius 1 is 0.839 bits per heavy atom. The Bertz CT molecular complexity index is 1070. The van der Waals surface area contributed by atoms with Gasteiger partial charge < -0.3 is 26.0 Å². The van der Waals surface area contributed by atoms with Crippen LogP contribution in [0.5, 0.6) is 17.2 Å². The van der Waals surface area contributed by atoms with Crippen molar-refractivity contribution in [3.05, 3.63) is 52.6 Å². The number of carbonyl (C=O) groups is 4. The normalized spacial score (nSPS) is 12.8. The van der Waals surface area contributed by atoms with Crippen molar-refractivity contribution >= 4 is 23.6 Å². The zero-order valence-electron chi connectivity index (χ0n) is 16.8. The van der Waals surface area contributed by atoms with E-state index in [-0.39, 0.29) is 41.4 Å². The van der Waals surface area contributed by atoms with Crippen LogP contribution in [0.25, 0.3) is 0 Å². The molecule has 0 fully saturated rings. The summed E-state index contributed by atoms with van der Waals surface area (Å²) in [7, 11) is 0. The van der Waals surface area contributed by atoms with E-state index in [0.717, 1.165) is 17.0 Å². The Morgan fingerprint density at radius 2 is 1.35 bits per heavy atom. The average molecular weight is 427 g/mol. The van der Waals surface area contributed by atoms with Crippen LogP contribution in [-0.4, -0.2) is 63.0 Å². The molecule has 31 heavy (non-hydrogen) atoms. The molecular formula is C21H21N3O7. The van der Waals surface area contributed by atoms with E-state index in [9.17, 15) is 34.5 Å². The van der Waals surface area contributed by atoms with E-state index in [1.54, 1.807) is 13.8 Å². The Hall–Kier alpha value is -4.08. The van der Waals surface area contributed by atoms with Crippen molar-refractivity contribution in [1.82, 2.24) is 15.5 Å². The molecule has 0 radical (unpaired) electrons. The van der Waals surface area contributed by atoms with Crippen LogP contribution in [0.15, 0.2) is 30.3 Å². The topological polar surface area (TPSA) is 156 Å². The molecule has 0 saturated heterocycles. The van der Waals surface area contributed by atoms with Crippen LogP contribution < -0.4 is 10.6 Å². The Morgan fingerprint density at radius 3 is 1.90 bits per heavy atom. The fourth-order valence-electron chi connectivity index (χ4n) is 3.16. The van der Waals surface area contributed by atoms with Gasteiger partial charge in [0, 0.05) is 30.3 Å². The van der Waals surface area contributed by atoms with Gasteiger partial charge in [0.15, 0.2) is 17.2 Å². The Labute approximate surface area is 177 Å². The lowest BCUT2D eigenvalue weighted by Gasteiger charge is -2.17. The highest BCUT2D eigenvalue weighted by atomic mass is 16.3. The molecule has 10 nitrogen and oxygen atoms in total. The second-order valence-electron chi connectivity index (χ2n) is 7.21. The van der Waals surface area contributed by atoms with Crippen LogP contribution >= 0.6 is 0 Å². The summed E-state index contributed by atoms with van der Waals surface area (Å²) in [6, 6.07) is 5.94. The fourth-order valence-corrected chi connectivity index (χ4v) is 3.16. The van der Waals surface area contributed by atoms with E-state index in [0.29, 0.717) is 0 Å². The average Bonchev–Trinajstić information content (AvgIpc) is 2.98. The van der Waals surface area contributed by atoms with E-state index in [1.807, 2.05) is 0 Å². The number of nitrogens with one attached hydrogen (secondary N) is 2. The highest BCUT2D eigenvalue weighted by molar-refractivity contribution is 6.22. The number of imide groups is 1. The lowest BCUT2D eigenvalue weighted by molar-refractivity contribution is 0.0608. The van der Waals surface area contributed by atoms with Gasteiger partial charge in [-0.05, 0) is 44.2 Å². The predicted molar refractivity (Wildman–Crippen MR) is 108 cm³/mol. The molecule has 0 aliphatic carbocycles. The maximum absolute atomic E-state index is 12.4. The largest absolute Gasteiger partial charge is 0.504 e. The van der Waals surface area contributed by atoms with Gasteiger partial charge in [-0.25, -0.2) is 0 Å². The third kappa shape index (κ3) is 4.13. The van der Waals surface area contributed by atoms with E-state index in [1.165, 1.54) is 18.2 Å². The van der Waals surface area contributed by atoms with Crippen molar-refractivity contribution < 1.29 is 34.5 Å². The summed E-state index contributed by atoms with van der Waals surface area (Å²) in [5, 5.41) is 33.3. The lowest BCUT2D eigenvalue weighted by atomic mass is 10.1. The van der Waals surface area contributed by atoms with Crippen LogP contribution in [0.2, 0.25) is 0 Å². The summed E-state index contributed by atoms with van der Waals surface area (Å²) < 4.78 is 0. The molecule has 10 heteroatoms. The molecule has 1 aliphatic heterocycles. The van der Waals surface area contributed by atoms with Crippen LogP contribution in [0.3, 0.4) is 0 Å². The Kier molecular flexibility index (Phi) is 5.82. The van der Waals surface area contributed by atoms with Crippen LogP contribution in [-0.2, 0) is 0 Å². The summed E-state index contributed by atoms with van der Waals surface area (Å²) in [6.07, 6.45) is 0. The third-order valence-corrected chi connectivity index (χ3v) is 4.72. The molecule has 0 bridgehead atoms. The van der Waals surface area contributed by atoms with Crippen molar-refractivity contribution in [2.75, 3.05) is 13.1 Å². The first-order chi connectivity index (χ1) is 14.6. The van der Waals surface area contributed by atoms with E-state index < -0.39 is 40.9 Å². The van der Waals surface area contributed by atoms with Gasteiger partial charge in [-0.1, -0.05) is 0 Å². The van der Waals surface area contributed by atoms with Crippen molar-refractivity contribution in [2.24, 2.45) is 0 Å². The molecule has 1 heterocycles. The predicted octanol–water partition coefficient (Wildman–Crippen LogP) is 0.968. The van der Waals surface area contributed by atoms with Crippen LogP contribution in [0.4, 0.5) is 0 Å². The smallest absolute Gasteiger partial charge is 0.261 e. The number of phenols is 3. The van der Waals surface area contributed by atoms with Gasteiger partial charge in [0.1, 0.15) is 0 Å². The molecule has 3 rings (SSSR count). The molecule has 0 unspecified atom stereocenters. The minimum atomic E-state index is -0.727. The van der Waals surface area contributed by atoms with Gasteiger partial charge in [0.05, 0.1) is 11.1 Å². The first kappa shape index (κ1) is 21.6. The van der Waals surface area contributed by atoms with Gasteiger partial charge >= 0.3 is 0 Å². The molecule has 1 aliphatic rings. The van der Waals surface area contributed by atoms with Crippen molar-refractivity contribution in [1.29, 1.82) is 0 Å². The number of carbonyl (C=O) groups excluding carboxylic acids is 4. The third-order valence-electron chi connectivity index (χ3n) is 4.72. The fraction of sp³-hybridized carbons (Fsp3) is 0.238. The van der Waals surface area contributed by atoms with E-state index >= 15 is 0 Å². The maximum atomic E-state index is 12.4. The van der Waals surface area contributed by atoms with Crippen LogP contribution in [0, 0.1) is 0 Å². The second kappa shape index (κ2) is 8.34. The maximum Gasteiger partial charge on any atom is 0.261 e. The molecule has 5 N–H and O–H groups in total. The number of rotatable bonds is 6. The number of phenolic OH excluding ortho intramolecular Hbond substituents is 3. The van der Waals surface area contributed by atoms with Crippen molar-refractivity contribution in [2.45, 2.75) is 19.9 Å². The summed E-state index contributed by atoms with van der Waals surface area (Å²) >= 11 is 0. The van der Waals surface area contributed by atoms with Gasteiger partial charge in [-0.3, -0.25) is 24.1 Å². The monoisotopic (exact) mass is 427 g/mol. The zero-order chi connectivity index (χ0) is 22.9. The summed E-state index contributed by atoms with van der Waals surface area (Å²) in [6.45, 7) is 3.55. The highest BCUT2D eigenvalue weighted by Crippen LogP contribution is 2.35. The van der Waals surface area contributed by atoms with E-state index in [2.05, 4.69) is 10.6 Å². The zero-order valence-corrected chi connectivity index (χ0v) is 16.8. The summed E-state index contributed by atoms with van der Waals surface area (Å²) in [4.78, 5) is 50.3. The molecule has 0 spiro atoms. The summed E-state index contributed by atoms with van der Waals surface area (Å²) in [5.41, 5.74) is 0.551. The van der Waals surface area contributed by atoms with Crippen LogP contribution in [0.1, 0.15) is 55.3 Å². The quantitative estimate of drug-likeness (QED) is 0.261. The molecule has 0 atom stereocenters. The SMILES string of the molecule is CC(C)N1C(=O)c2ccc(C(=O)NCCNC(=O)c3cc(O)c(O)c(O)c3)cc2C1=O. The molecule has 162 valence electrons. The second-order valence-corrected chi connectivity index (χ2v) is 7.21. The molecule has 2 aromatic carbocycles. The Balaban J connectivity index is 1.57. The van der Waals surface area contributed by atoms with Crippen molar-refractivity contribution in [3.8, 4) is 17.2 Å². The van der Waals surface area contributed by atoms with E-state index in [4.69, 9.17) is 0 Å². The minimum Gasteiger partial charge on any atom is -0.504 e. The number of benzene rings is 2. The van der Waals surface area contributed by atoms with Gasteiger partial charge in [-0.15, -0.1) is 0 Å². The number of nitrogens with zero attached hydrogens (tertiary/aromatic N) is 1. The first-order valence-corrected chi connectivity index (χ1v) is 9.45. The molecule has 0 saturated carbocycles. The molecule has 0 aromatic heterocycles. The lowest BCUT2D eigenvalue weighted by Crippen LogP contribution is -2.36. The number of amides is 4. The number of aromatic hydroxyl groups is 3. The standard InChI is InChI=1S/C21H21N3O7/c1-10(2)24-20(30)13-4-3-11(7-14(13)21(24)31)18(28)22-5-6-23-19(29)12-8-15(25)17(27)16(26)9-12/h3-4,7-10,25-27H,5-6H2,1-2H3,(H,22,28)(H,23,29). The van der Waals surface area contributed by atoms with Gasteiger partial charge in [0.2, 0.25) is 0 Å². The minimum absolute atomic E-state index is 0.0382. The number of hydrogen-bond donors (Lipinski definition) is 5.